The standard InChI is InChI=1S/C29H24N4O2/c1-33(29(35)20-10-6-3-7-11-20)23-15-13-22(14-16-23)31-27(19-8-4-2-5-9-19)26-24-18-21(30)12-17-25(24)32-28(26)34/h2-18,32,34H,30H2,1H3. The van der Waals surface area contributed by atoms with Crippen molar-refractivity contribution in [2.24, 2.45) is 4.99 Å². The lowest BCUT2D eigenvalue weighted by molar-refractivity contribution is 0.0993. The van der Waals surface area contributed by atoms with Gasteiger partial charge >= 0.3 is 0 Å². The van der Waals surface area contributed by atoms with Crippen LogP contribution in [0.5, 0.6) is 5.88 Å². The third-order valence-electron chi connectivity index (χ3n) is 5.89. The summed E-state index contributed by atoms with van der Waals surface area (Å²) in [6, 6.07) is 31.7. The molecule has 1 amide bonds. The Morgan fingerprint density at radius 1 is 0.857 bits per heavy atom. The Morgan fingerprint density at radius 3 is 2.14 bits per heavy atom. The van der Waals surface area contributed by atoms with E-state index in [1.165, 1.54) is 0 Å². The number of nitrogens with two attached hydrogens (primary N) is 1. The average Bonchev–Trinajstić information content (AvgIpc) is 3.22. The molecule has 5 aromatic rings. The van der Waals surface area contributed by atoms with Crippen molar-refractivity contribution < 1.29 is 9.90 Å². The van der Waals surface area contributed by atoms with Crippen LogP contribution in [0.1, 0.15) is 21.5 Å². The van der Waals surface area contributed by atoms with Gasteiger partial charge in [-0.15, -0.1) is 0 Å². The number of hydrogen-bond donors (Lipinski definition) is 3. The molecule has 0 atom stereocenters. The highest BCUT2D eigenvalue weighted by atomic mass is 16.3. The predicted octanol–water partition coefficient (Wildman–Crippen LogP) is 5.90. The number of aromatic hydroxyl groups is 1. The highest BCUT2D eigenvalue weighted by Gasteiger charge is 2.19. The Hall–Kier alpha value is -4.84. The fourth-order valence-electron chi connectivity index (χ4n) is 4.07. The molecule has 0 aliphatic rings. The first-order chi connectivity index (χ1) is 17.0. The number of aromatic amines is 1. The minimum atomic E-state index is -0.0897. The van der Waals surface area contributed by atoms with Gasteiger partial charge < -0.3 is 20.7 Å². The third kappa shape index (κ3) is 4.37. The number of fused-ring (bicyclic) bond motifs is 1. The monoisotopic (exact) mass is 460 g/mol. The quantitative estimate of drug-likeness (QED) is 0.225. The van der Waals surface area contributed by atoms with Gasteiger partial charge in [0.15, 0.2) is 5.88 Å². The number of amides is 1. The van der Waals surface area contributed by atoms with Gasteiger partial charge in [-0.2, -0.15) is 0 Å². The molecular weight excluding hydrogens is 436 g/mol. The first-order valence-electron chi connectivity index (χ1n) is 11.2. The number of H-pyrrole nitrogens is 1. The minimum Gasteiger partial charge on any atom is -0.494 e. The van der Waals surface area contributed by atoms with Crippen LogP contribution in [0.15, 0.2) is 108 Å². The van der Waals surface area contributed by atoms with Crippen LogP contribution in [-0.2, 0) is 0 Å². The summed E-state index contributed by atoms with van der Waals surface area (Å²) in [6.07, 6.45) is 0. The van der Waals surface area contributed by atoms with Gasteiger partial charge in [0.05, 0.1) is 17.0 Å². The van der Waals surface area contributed by atoms with E-state index in [1.807, 2.05) is 84.9 Å². The second-order valence-corrected chi connectivity index (χ2v) is 8.23. The van der Waals surface area contributed by atoms with Gasteiger partial charge in [0.2, 0.25) is 0 Å². The second-order valence-electron chi connectivity index (χ2n) is 8.23. The molecule has 1 heterocycles. The van der Waals surface area contributed by atoms with Crippen molar-refractivity contribution in [1.29, 1.82) is 0 Å². The molecule has 0 aliphatic heterocycles. The molecule has 0 unspecified atom stereocenters. The predicted molar refractivity (Wildman–Crippen MR) is 142 cm³/mol. The summed E-state index contributed by atoms with van der Waals surface area (Å²) in [5, 5.41) is 11.6. The number of aromatic nitrogens is 1. The summed E-state index contributed by atoms with van der Waals surface area (Å²) in [5.41, 5.74) is 11.5. The van der Waals surface area contributed by atoms with Crippen LogP contribution in [0.2, 0.25) is 0 Å². The van der Waals surface area contributed by atoms with Crippen LogP contribution < -0.4 is 10.6 Å². The molecule has 0 spiro atoms. The molecule has 4 aromatic carbocycles. The lowest BCUT2D eigenvalue weighted by Gasteiger charge is -2.17. The summed E-state index contributed by atoms with van der Waals surface area (Å²) >= 11 is 0. The van der Waals surface area contributed by atoms with Crippen LogP contribution >= 0.6 is 0 Å². The van der Waals surface area contributed by atoms with E-state index < -0.39 is 0 Å². The van der Waals surface area contributed by atoms with Crippen molar-refractivity contribution in [3.05, 3.63) is 120 Å². The lowest BCUT2D eigenvalue weighted by atomic mass is 10.0. The molecule has 6 heteroatoms. The van der Waals surface area contributed by atoms with Crippen molar-refractivity contribution in [3.63, 3.8) is 0 Å². The number of rotatable bonds is 5. The zero-order chi connectivity index (χ0) is 24.4. The van der Waals surface area contributed by atoms with Crippen LogP contribution in [0.4, 0.5) is 17.1 Å². The van der Waals surface area contributed by atoms with Gasteiger partial charge in [-0.05, 0) is 54.6 Å². The van der Waals surface area contributed by atoms with Crippen LogP contribution in [-0.4, -0.2) is 28.8 Å². The van der Waals surface area contributed by atoms with E-state index >= 15 is 0 Å². The molecule has 1 aromatic heterocycles. The average molecular weight is 461 g/mol. The van der Waals surface area contributed by atoms with Crippen molar-refractivity contribution in [3.8, 4) is 5.88 Å². The first-order valence-corrected chi connectivity index (χ1v) is 11.2. The maximum Gasteiger partial charge on any atom is 0.258 e. The number of anilines is 2. The number of carbonyl (C=O) groups is 1. The maximum atomic E-state index is 12.8. The van der Waals surface area contributed by atoms with E-state index in [0.29, 0.717) is 28.2 Å². The van der Waals surface area contributed by atoms with Gasteiger partial charge in [0.1, 0.15) is 0 Å². The van der Waals surface area contributed by atoms with E-state index in [-0.39, 0.29) is 11.8 Å². The Balaban J connectivity index is 1.55. The van der Waals surface area contributed by atoms with E-state index in [0.717, 1.165) is 22.2 Å². The largest absolute Gasteiger partial charge is 0.494 e. The minimum absolute atomic E-state index is 0.0259. The number of hydrogen-bond acceptors (Lipinski definition) is 4. The Morgan fingerprint density at radius 2 is 1.49 bits per heavy atom. The molecular formula is C29H24N4O2. The Labute approximate surface area is 203 Å². The summed E-state index contributed by atoms with van der Waals surface area (Å²) < 4.78 is 0. The molecule has 35 heavy (non-hydrogen) atoms. The molecule has 0 radical (unpaired) electrons. The molecule has 0 bridgehead atoms. The number of benzene rings is 4. The van der Waals surface area contributed by atoms with Gasteiger partial charge in [-0.1, -0.05) is 48.5 Å². The Bertz CT molecular complexity index is 1520. The molecule has 4 N–H and O–H groups in total. The second kappa shape index (κ2) is 9.19. The molecule has 0 fully saturated rings. The topological polar surface area (TPSA) is 94.7 Å². The van der Waals surface area contributed by atoms with Crippen molar-refractivity contribution in [2.45, 2.75) is 0 Å². The molecule has 0 aliphatic carbocycles. The first kappa shape index (κ1) is 22.0. The van der Waals surface area contributed by atoms with Crippen LogP contribution in [0, 0.1) is 0 Å². The normalized spacial score (nSPS) is 11.5. The highest BCUT2D eigenvalue weighted by molar-refractivity contribution is 6.22. The molecule has 5 rings (SSSR count). The number of nitrogens with one attached hydrogen (secondary N) is 1. The number of nitrogens with zero attached hydrogens (tertiary/aromatic N) is 2. The summed E-state index contributed by atoms with van der Waals surface area (Å²) in [7, 11) is 1.75. The fourth-order valence-corrected chi connectivity index (χ4v) is 4.07. The SMILES string of the molecule is CN(C(=O)c1ccccc1)c1ccc(N=C(c2ccccc2)c2c(O)[nH]c3ccc(N)cc23)cc1. The highest BCUT2D eigenvalue weighted by Crippen LogP contribution is 2.33. The van der Waals surface area contributed by atoms with E-state index in [4.69, 9.17) is 10.7 Å². The van der Waals surface area contributed by atoms with Crippen molar-refractivity contribution in [2.75, 3.05) is 17.7 Å². The summed E-state index contributed by atoms with van der Waals surface area (Å²) in [5.74, 6) is -0.0638. The maximum absolute atomic E-state index is 12.8. The van der Waals surface area contributed by atoms with E-state index in [1.54, 1.807) is 30.1 Å². The van der Waals surface area contributed by atoms with Crippen LogP contribution in [0.3, 0.4) is 0 Å². The van der Waals surface area contributed by atoms with Crippen molar-refractivity contribution >= 4 is 39.6 Å². The molecule has 0 saturated carbocycles. The van der Waals surface area contributed by atoms with E-state index in [9.17, 15) is 9.90 Å². The van der Waals surface area contributed by atoms with Gasteiger partial charge in [-0.25, -0.2) is 4.99 Å². The number of carbonyl (C=O) groups excluding carboxylic acids is 1. The zero-order valence-corrected chi connectivity index (χ0v) is 19.1. The number of nitrogen functional groups attached to an aromatic ring is 1. The molecule has 172 valence electrons. The molecule has 6 nitrogen and oxygen atoms in total. The van der Waals surface area contributed by atoms with E-state index in [2.05, 4.69) is 4.98 Å². The lowest BCUT2D eigenvalue weighted by Crippen LogP contribution is -2.25. The van der Waals surface area contributed by atoms with Crippen molar-refractivity contribution in [1.82, 2.24) is 4.98 Å². The zero-order valence-electron chi connectivity index (χ0n) is 19.1. The Kier molecular flexibility index (Phi) is 5.77. The van der Waals surface area contributed by atoms with Gasteiger partial charge in [-0.3, -0.25) is 4.79 Å². The van der Waals surface area contributed by atoms with Gasteiger partial charge in [0, 0.05) is 40.5 Å². The van der Waals surface area contributed by atoms with Crippen LogP contribution in [0.25, 0.3) is 10.9 Å². The number of aliphatic imine (C=N–C) groups is 1. The third-order valence-corrected chi connectivity index (χ3v) is 5.89. The summed E-state index contributed by atoms with van der Waals surface area (Å²) in [6.45, 7) is 0. The molecule has 0 saturated heterocycles. The van der Waals surface area contributed by atoms with Gasteiger partial charge in [0.25, 0.3) is 5.91 Å². The summed E-state index contributed by atoms with van der Waals surface area (Å²) in [4.78, 5) is 22.3. The fraction of sp³-hybridized carbons (Fsp3) is 0.0345. The smallest absolute Gasteiger partial charge is 0.258 e.